The third-order valence-electron chi connectivity index (χ3n) is 8.27. The van der Waals surface area contributed by atoms with Gasteiger partial charge in [-0.25, -0.2) is 4.79 Å². The molecule has 1 heterocycles. The minimum atomic E-state index is -5.05. The minimum absolute atomic E-state index is 0.0166. The average Bonchev–Trinajstić information content (AvgIpc) is 3.32. The first kappa shape index (κ1) is 42.6. The molecule has 7 N–H and O–H groups in total. The number of benzene rings is 1. The molecule has 0 bridgehead atoms. The summed E-state index contributed by atoms with van der Waals surface area (Å²) in [5.74, 6) is -5.77. The second-order valence-electron chi connectivity index (χ2n) is 13.4. The van der Waals surface area contributed by atoms with E-state index < -0.39 is 87.8 Å². The third-order valence-corrected chi connectivity index (χ3v) is 9.44. The van der Waals surface area contributed by atoms with Gasteiger partial charge in [-0.1, -0.05) is 53.7 Å². The van der Waals surface area contributed by atoms with Gasteiger partial charge in [-0.05, 0) is 48.8 Å². The number of rotatable bonds is 19. The van der Waals surface area contributed by atoms with Gasteiger partial charge in [0.1, 0.15) is 18.7 Å². The molecule has 1 aromatic rings. The maximum atomic E-state index is 13.5. The van der Waals surface area contributed by atoms with Gasteiger partial charge in [0.15, 0.2) is 5.25 Å². The molecular weight excluding hydrogens is 688 g/mol. The first-order valence-electron chi connectivity index (χ1n) is 16.7. The van der Waals surface area contributed by atoms with E-state index in [9.17, 15) is 46.5 Å². The van der Waals surface area contributed by atoms with Crippen LogP contribution in [0, 0.1) is 23.7 Å². The summed E-state index contributed by atoms with van der Waals surface area (Å²) in [6.45, 7) is 9.75. The number of nitrogens with one attached hydrogen (secondary N) is 4. The second kappa shape index (κ2) is 19.1. The number of likely N-dealkylation sites (tertiary alicyclic amines) is 1. The van der Waals surface area contributed by atoms with Crippen molar-refractivity contribution in [2.24, 2.45) is 29.4 Å². The average molecular weight is 739 g/mol. The molecule has 51 heavy (non-hydrogen) atoms. The van der Waals surface area contributed by atoms with E-state index in [2.05, 4.69) is 21.3 Å². The van der Waals surface area contributed by atoms with E-state index in [1.54, 1.807) is 65.8 Å². The third kappa shape index (κ3) is 13.2. The number of ether oxygens (including phenoxy) is 1. The number of hydrogen-bond donors (Lipinski definition) is 6. The molecule has 0 aliphatic carbocycles. The van der Waals surface area contributed by atoms with Crippen molar-refractivity contribution in [3.8, 4) is 0 Å². The van der Waals surface area contributed by atoms with Gasteiger partial charge < -0.3 is 31.7 Å². The van der Waals surface area contributed by atoms with E-state index >= 15 is 0 Å². The van der Waals surface area contributed by atoms with Crippen LogP contribution >= 0.6 is 0 Å². The molecule has 18 heteroatoms. The number of urea groups is 1. The Morgan fingerprint density at radius 2 is 1.57 bits per heavy atom. The minimum Gasteiger partial charge on any atom is -0.461 e. The Kier molecular flexibility index (Phi) is 16.0. The van der Waals surface area contributed by atoms with Crippen molar-refractivity contribution in [3.05, 3.63) is 29.8 Å². The van der Waals surface area contributed by atoms with E-state index in [0.717, 1.165) is 4.90 Å². The van der Waals surface area contributed by atoms with Crippen molar-refractivity contribution < 1.29 is 51.3 Å². The number of carbonyl (C=O) groups excluding carboxylic acids is 7. The highest BCUT2D eigenvalue weighted by atomic mass is 32.2. The van der Waals surface area contributed by atoms with Gasteiger partial charge in [0.2, 0.25) is 29.5 Å². The number of imide groups is 1. The lowest BCUT2D eigenvalue weighted by molar-refractivity contribution is -0.148. The molecule has 1 unspecified atom stereocenters. The number of amides is 7. The lowest BCUT2D eigenvalue weighted by Crippen LogP contribution is -2.56. The van der Waals surface area contributed by atoms with E-state index in [0.29, 0.717) is 11.3 Å². The highest BCUT2D eigenvalue weighted by molar-refractivity contribution is 7.87. The topological polar surface area (TPSA) is 260 Å². The highest BCUT2D eigenvalue weighted by Gasteiger charge is 2.42. The van der Waals surface area contributed by atoms with Crippen molar-refractivity contribution in [2.75, 3.05) is 18.4 Å². The van der Waals surface area contributed by atoms with Crippen molar-refractivity contribution in [2.45, 2.75) is 91.2 Å². The Hall–Kier alpha value is -4.58. The van der Waals surface area contributed by atoms with Crippen molar-refractivity contribution >= 4 is 57.3 Å². The van der Waals surface area contributed by atoms with Crippen LogP contribution < -0.4 is 27.0 Å². The van der Waals surface area contributed by atoms with Gasteiger partial charge in [-0.3, -0.25) is 38.2 Å². The van der Waals surface area contributed by atoms with E-state index in [1.807, 2.05) is 0 Å². The molecule has 0 aromatic heterocycles. The zero-order valence-electron chi connectivity index (χ0n) is 29.8. The van der Waals surface area contributed by atoms with Crippen LogP contribution in [0.15, 0.2) is 24.3 Å². The molecule has 4 atom stereocenters. The number of hydrogen-bond acceptors (Lipinski definition) is 10. The number of nitrogens with two attached hydrogens (primary N) is 1. The van der Waals surface area contributed by atoms with E-state index in [4.69, 9.17) is 10.5 Å². The smallest absolute Gasteiger partial charge is 0.312 e. The van der Waals surface area contributed by atoms with E-state index in [1.165, 1.54) is 0 Å². The zero-order valence-corrected chi connectivity index (χ0v) is 30.6. The van der Waals surface area contributed by atoms with Crippen molar-refractivity contribution in [1.82, 2.24) is 20.9 Å². The first-order chi connectivity index (χ1) is 23.7. The quantitative estimate of drug-likeness (QED) is 0.0506. The molecule has 17 nitrogen and oxygen atoms in total. The molecule has 0 spiro atoms. The normalized spacial score (nSPS) is 16.5. The number of nitrogens with zero attached hydrogens (tertiary/aromatic N) is 1. The highest BCUT2D eigenvalue weighted by Crippen LogP contribution is 2.27. The molecular formula is C33H50N6O11S. The van der Waals surface area contributed by atoms with Crippen LogP contribution in [-0.4, -0.2) is 89.8 Å². The van der Waals surface area contributed by atoms with Crippen LogP contribution in [0.5, 0.6) is 0 Å². The number of primary amides is 1. The Morgan fingerprint density at radius 3 is 2.08 bits per heavy atom. The summed E-state index contributed by atoms with van der Waals surface area (Å²) in [6.07, 6.45) is -0.446. The fourth-order valence-electron chi connectivity index (χ4n) is 5.19. The molecule has 1 aromatic carbocycles. The second-order valence-corrected chi connectivity index (χ2v) is 15.0. The summed E-state index contributed by atoms with van der Waals surface area (Å²) < 4.78 is 39.7. The maximum Gasteiger partial charge on any atom is 0.312 e. The molecule has 1 saturated heterocycles. The summed E-state index contributed by atoms with van der Waals surface area (Å²) in [4.78, 5) is 89.0. The van der Waals surface area contributed by atoms with Crippen molar-refractivity contribution in [3.63, 3.8) is 0 Å². The summed E-state index contributed by atoms with van der Waals surface area (Å²) in [5.41, 5.74) is 6.14. The van der Waals surface area contributed by atoms with Crippen LogP contribution in [0.2, 0.25) is 0 Å². The molecule has 1 aliphatic heterocycles. The maximum absolute atomic E-state index is 13.5. The molecule has 7 amide bonds. The van der Waals surface area contributed by atoms with Gasteiger partial charge in [0.25, 0.3) is 10.1 Å². The standard InChI is InChI=1S/C33H50N6O11S/c1-18(2)23-16-26(40)39(31(23)44)15-13-25(51(47,48)49)29(42)38-27(19(3)4)30(43)37-24(8-7-14-35-33(34)46)28(41)36-22-11-9-21(10-12-22)17-50-32(45)20(5)6/h9-12,18-20,23-25,27H,7-8,13-17H2,1-6H3,(H,36,41)(H,37,43)(H,38,42)(H3,34,35,46)(H,47,48,49)/t23?,24-,25+,27-/m0/s1. The summed E-state index contributed by atoms with van der Waals surface area (Å²) in [6, 6.07) is 3.06. The predicted molar refractivity (Wildman–Crippen MR) is 185 cm³/mol. The SMILES string of the molecule is CC(C)C(=O)OCc1ccc(NC(=O)[C@H](CCCNC(N)=O)NC(=O)[C@@H](NC(=O)[C@@H](CCN2C(=O)CC(C(C)C)C2=O)S(=O)(=O)O)C(C)C)cc1. The molecule has 1 aliphatic rings. The van der Waals surface area contributed by atoms with Crippen LogP contribution in [0.25, 0.3) is 0 Å². The first-order valence-corrected chi connectivity index (χ1v) is 18.2. The fourth-order valence-corrected chi connectivity index (χ4v) is 5.93. The Bertz CT molecular complexity index is 1550. The van der Waals surface area contributed by atoms with Gasteiger partial charge in [-0.15, -0.1) is 0 Å². The van der Waals surface area contributed by atoms with Crippen LogP contribution in [0.4, 0.5) is 10.5 Å². The fraction of sp³-hybridized carbons (Fsp3) is 0.606. The summed E-state index contributed by atoms with van der Waals surface area (Å²) in [7, 11) is -5.05. The lowest BCUT2D eigenvalue weighted by atomic mass is 9.94. The van der Waals surface area contributed by atoms with Crippen LogP contribution in [0.1, 0.15) is 72.8 Å². The lowest BCUT2D eigenvalue weighted by Gasteiger charge is -2.27. The van der Waals surface area contributed by atoms with Crippen molar-refractivity contribution in [1.29, 1.82) is 0 Å². The Labute approximate surface area is 297 Å². The van der Waals surface area contributed by atoms with Gasteiger partial charge >= 0.3 is 12.0 Å². The van der Waals surface area contributed by atoms with E-state index in [-0.39, 0.29) is 50.2 Å². The number of esters is 1. The van der Waals surface area contributed by atoms with Crippen LogP contribution in [-0.2, 0) is 50.2 Å². The molecule has 1 fully saturated rings. The predicted octanol–water partition coefficient (Wildman–Crippen LogP) is 1.08. The number of anilines is 1. The molecule has 2 rings (SSSR count). The zero-order chi connectivity index (χ0) is 38.6. The molecule has 0 saturated carbocycles. The molecule has 284 valence electrons. The van der Waals surface area contributed by atoms with Gasteiger partial charge in [-0.2, -0.15) is 8.42 Å². The van der Waals surface area contributed by atoms with Gasteiger partial charge in [0.05, 0.1) is 5.92 Å². The van der Waals surface area contributed by atoms with Crippen LogP contribution in [0.3, 0.4) is 0 Å². The Balaban J connectivity index is 2.18. The Morgan fingerprint density at radius 1 is 0.941 bits per heavy atom. The summed E-state index contributed by atoms with van der Waals surface area (Å²) in [5, 5.41) is 7.87. The number of carbonyl (C=O) groups is 7. The van der Waals surface area contributed by atoms with Gasteiger partial charge in [0, 0.05) is 31.1 Å². The monoisotopic (exact) mass is 738 g/mol. The summed E-state index contributed by atoms with van der Waals surface area (Å²) >= 11 is 0. The molecule has 0 radical (unpaired) electrons. The largest absolute Gasteiger partial charge is 0.461 e.